The highest BCUT2D eigenvalue weighted by atomic mass is 16.5. The normalized spacial score (nSPS) is 25.5. The molecule has 0 N–H and O–H groups in total. The number of likely N-dealkylation sites (tertiary alicyclic amines) is 2. The van der Waals surface area contributed by atoms with Crippen molar-refractivity contribution >= 4 is 17.8 Å². The second-order valence-corrected chi connectivity index (χ2v) is 8.30. The molecule has 2 atom stereocenters. The molecule has 0 aromatic carbocycles. The molecule has 3 saturated heterocycles. The number of esters is 1. The highest BCUT2D eigenvalue weighted by Crippen LogP contribution is 2.24. The predicted octanol–water partition coefficient (Wildman–Crippen LogP) is 0.747. The van der Waals surface area contributed by atoms with Gasteiger partial charge in [0.1, 0.15) is 0 Å². The van der Waals surface area contributed by atoms with Gasteiger partial charge in [-0.3, -0.25) is 19.3 Å². The Hall–Kier alpha value is -1.67. The van der Waals surface area contributed by atoms with Crippen LogP contribution >= 0.6 is 0 Å². The summed E-state index contributed by atoms with van der Waals surface area (Å²) < 4.78 is 10.5. The number of hydrogen-bond acceptors (Lipinski definition) is 6. The lowest BCUT2D eigenvalue weighted by atomic mass is 9.93. The summed E-state index contributed by atoms with van der Waals surface area (Å²) in [6.45, 7) is 9.40. The van der Waals surface area contributed by atoms with Gasteiger partial charge in [0.15, 0.2) is 0 Å². The molecule has 0 spiro atoms. The molecule has 0 saturated carbocycles. The molecule has 0 radical (unpaired) electrons. The molecule has 0 aromatic rings. The van der Waals surface area contributed by atoms with Crippen molar-refractivity contribution in [3.8, 4) is 0 Å². The van der Waals surface area contributed by atoms with Crippen molar-refractivity contribution in [2.75, 3.05) is 59.1 Å². The minimum atomic E-state index is -0.226. The van der Waals surface area contributed by atoms with E-state index in [-0.39, 0.29) is 35.7 Å². The van der Waals surface area contributed by atoms with Crippen LogP contribution in [0.1, 0.15) is 39.5 Å². The Balaban J connectivity index is 1.48. The summed E-state index contributed by atoms with van der Waals surface area (Å²) in [6, 6.07) is -0.226. The van der Waals surface area contributed by atoms with Gasteiger partial charge in [-0.05, 0) is 52.6 Å². The molecule has 164 valence electrons. The van der Waals surface area contributed by atoms with E-state index in [0.717, 1.165) is 38.8 Å². The molecule has 0 bridgehead atoms. The van der Waals surface area contributed by atoms with Crippen molar-refractivity contribution in [2.24, 2.45) is 11.8 Å². The fraction of sp³-hybridized carbons (Fsp3) is 0.857. The zero-order valence-corrected chi connectivity index (χ0v) is 17.8. The van der Waals surface area contributed by atoms with Crippen molar-refractivity contribution in [1.82, 2.24) is 14.7 Å². The standard InChI is InChI=1S/C21H35N3O5/c1-3-29-21(27)18-5-4-8-24(15-18)19(25)16(2)22-9-6-17(7-10-22)20(26)23-11-13-28-14-12-23/h16-18H,3-15H2,1-2H3. The quantitative estimate of drug-likeness (QED) is 0.624. The van der Waals surface area contributed by atoms with E-state index in [2.05, 4.69) is 4.90 Å². The smallest absolute Gasteiger partial charge is 0.310 e. The molecule has 3 fully saturated rings. The van der Waals surface area contributed by atoms with E-state index < -0.39 is 0 Å². The third-order valence-electron chi connectivity index (χ3n) is 6.46. The van der Waals surface area contributed by atoms with E-state index in [1.165, 1.54) is 0 Å². The van der Waals surface area contributed by atoms with Gasteiger partial charge in [0.2, 0.25) is 11.8 Å². The van der Waals surface area contributed by atoms with Crippen molar-refractivity contribution < 1.29 is 23.9 Å². The van der Waals surface area contributed by atoms with Crippen LogP contribution < -0.4 is 0 Å². The molecular weight excluding hydrogens is 374 g/mol. The maximum Gasteiger partial charge on any atom is 0.310 e. The number of rotatable bonds is 5. The second-order valence-electron chi connectivity index (χ2n) is 8.30. The van der Waals surface area contributed by atoms with Gasteiger partial charge >= 0.3 is 5.97 Å². The number of piperidine rings is 2. The number of ether oxygens (including phenoxy) is 2. The molecule has 3 rings (SSSR count). The highest BCUT2D eigenvalue weighted by Gasteiger charge is 2.36. The minimum absolute atomic E-state index is 0.0508. The van der Waals surface area contributed by atoms with Crippen LogP contribution in [0.15, 0.2) is 0 Å². The Morgan fingerprint density at radius 2 is 1.66 bits per heavy atom. The largest absolute Gasteiger partial charge is 0.466 e. The van der Waals surface area contributed by atoms with Gasteiger partial charge in [0.25, 0.3) is 0 Å². The van der Waals surface area contributed by atoms with Gasteiger partial charge < -0.3 is 19.3 Å². The van der Waals surface area contributed by atoms with Crippen LogP contribution in [0.2, 0.25) is 0 Å². The van der Waals surface area contributed by atoms with Gasteiger partial charge in [0.05, 0.1) is 31.8 Å². The van der Waals surface area contributed by atoms with Crippen LogP contribution in [0.5, 0.6) is 0 Å². The third-order valence-corrected chi connectivity index (χ3v) is 6.46. The van der Waals surface area contributed by atoms with E-state index in [9.17, 15) is 14.4 Å². The maximum absolute atomic E-state index is 13.0. The summed E-state index contributed by atoms with van der Waals surface area (Å²) in [6.07, 6.45) is 3.20. The third kappa shape index (κ3) is 5.48. The summed E-state index contributed by atoms with van der Waals surface area (Å²) in [7, 11) is 0. The Kier molecular flexibility index (Phi) is 7.89. The summed E-state index contributed by atoms with van der Waals surface area (Å²) in [5.74, 6) is -0.0381. The molecule has 8 nitrogen and oxygen atoms in total. The van der Waals surface area contributed by atoms with Gasteiger partial charge in [-0.15, -0.1) is 0 Å². The van der Waals surface area contributed by atoms with Crippen LogP contribution in [-0.2, 0) is 23.9 Å². The van der Waals surface area contributed by atoms with Crippen molar-refractivity contribution in [1.29, 1.82) is 0 Å². The van der Waals surface area contributed by atoms with Crippen molar-refractivity contribution in [3.63, 3.8) is 0 Å². The predicted molar refractivity (Wildman–Crippen MR) is 107 cm³/mol. The number of carbonyl (C=O) groups is 3. The summed E-state index contributed by atoms with van der Waals surface area (Å²) >= 11 is 0. The van der Waals surface area contributed by atoms with E-state index >= 15 is 0 Å². The molecule has 2 unspecified atom stereocenters. The van der Waals surface area contributed by atoms with Gasteiger partial charge in [-0.1, -0.05) is 0 Å². The van der Waals surface area contributed by atoms with Crippen molar-refractivity contribution in [2.45, 2.75) is 45.6 Å². The molecule has 3 heterocycles. The van der Waals surface area contributed by atoms with Crippen LogP contribution in [0, 0.1) is 11.8 Å². The Labute approximate surface area is 173 Å². The van der Waals surface area contributed by atoms with Gasteiger partial charge in [0, 0.05) is 32.1 Å². The van der Waals surface area contributed by atoms with Gasteiger partial charge in [-0.2, -0.15) is 0 Å². The molecule has 8 heteroatoms. The first-order valence-electron chi connectivity index (χ1n) is 11.1. The minimum Gasteiger partial charge on any atom is -0.466 e. The van der Waals surface area contributed by atoms with Crippen LogP contribution in [0.3, 0.4) is 0 Å². The maximum atomic E-state index is 13.0. The number of carbonyl (C=O) groups excluding carboxylic acids is 3. The van der Waals surface area contributed by atoms with E-state index in [1.807, 2.05) is 16.7 Å². The van der Waals surface area contributed by atoms with E-state index in [0.29, 0.717) is 46.0 Å². The molecule has 0 aromatic heterocycles. The lowest BCUT2D eigenvalue weighted by molar-refractivity contribution is -0.152. The average Bonchev–Trinajstić information content (AvgIpc) is 2.78. The molecule has 3 aliphatic rings. The summed E-state index contributed by atoms with van der Waals surface area (Å²) in [4.78, 5) is 43.7. The number of amides is 2. The molecule has 29 heavy (non-hydrogen) atoms. The number of hydrogen-bond donors (Lipinski definition) is 0. The van der Waals surface area contributed by atoms with Crippen LogP contribution in [-0.4, -0.2) is 97.6 Å². The Bertz CT molecular complexity index is 585. The van der Waals surface area contributed by atoms with Crippen LogP contribution in [0.25, 0.3) is 0 Å². The zero-order valence-electron chi connectivity index (χ0n) is 17.8. The highest BCUT2D eigenvalue weighted by molar-refractivity contribution is 5.83. The first-order chi connectivity index (χ1) is 14.0. The SMILES string of the molecule is CCOC(=O)C1CCCN(C(=O)C(C)N2CCC(C(=O)N3CCOCC3)CC2)C1. The van der Waals surface area contributed by atoms with Crippen molar-refractivity contribution in [3.05, 3.63) is 0 Å². The Morgan fingerprint density at radius 1 is 0.966 bits per heavy atom. The lowest BCUT2D eigenvalue weighted by Gasteiger charge is -2.40. The van der Waals surface area contributed by atoms with E-state index in [1.54, 1.807) is 6.92 Å². The molecular formula is C21H35N3O5. The lowest BCUT2D eigenvalue weighted by Crippen LogP contribution is -2.54. The van der Waals surface area contributed by atoms with E-state index in [4.69, 9.17) is 9.47 Å². The molecule has 3 aliphatic heterocycles. The molecule has 0 aliphatic carbocycles. The van der Waals surface area contributed by atoms with Crippen LogP contribution in [0.4, 0.5) is 0 Å². The number of morpholine rings is 1. The first kappa shape index (κ1) is 22.0. The van der Waals surface area contributed by atoms with Gasteiger partial charge in [-0.25, -0.2) is 0 Å². The topological polar surface area (TPSA) is 79.4 Å². The average molecular weight is 410 g/mol. The number of nitrogens with zero attached hydrogens (tertiary/aromatic N) is 3. The summed E-state index contributed by atoms with van der Waals surface area (Å²) in [5.41, 5.74) is 0. The fourth-order valence-corrected chi connectivity index (χ4v) is 4.63. The second kappa shape index (κ2) is 10.4. The first-order valence-corrected chi connectivity index (χ1v) is 11.1. The zero-order chi connectivity index (χ0) is 20.8. The fourth-order valence-electron chi connectivity index (χ4n) is 4.63. The Morgan fingerprint density at radius 3 is 2.31 bits per heavy atom. The summed E-state index contributed by atoms with van der Waals surface area (Å²) in [5, 5.41) is 0. The molecule has 2 amide bonds. The monoisotopic (exact) mass is 409 g/mol.